The van der Waals surface area contributed by atoms with Crippen molar-refractivity contribution in [2.24, 2.45) is 11.8 Å². The van der Waals surface area contributed by atoms with Crippen molar-refractivity contribution < 1.29 is 24.9 Å². The molecule has 0 spiro atoms. The Morgan fingerprint density at radius 1 is 1.19 bits per heavy atom. The largest absolute Gasteiger partial charge is 0.508 e. The molecule has 0 aliphatic heterocycles. The molecule has 1 aromatic carbocycles. The molecule has 0 saturated heterocycles. The number of phenolic OH excluding ortho intramolecular Hbond substituents is 3. The number of rotatable bonds is 8. The summed E-state index contributed by atoms with van der Waals surface area (Å²) in [6.07, 6.45) is 7.66. The zero-order chi connectivity index (χ0) is 19.1. The van der Waals surface area contributed by atoms with E-state index < -0.39 is 0 Å². The molecule has 26 heavy (non-hydrogen) atoms. The van der Waals surface area contributed by atoms with Crippen LogP contribution in [-0.2, 0) is 16.0 Å². The summed E-state index contributed by atoms with van der Waals surface area (Å²) < 4.78 is 0. The van der Waals surface area contributed by atoms with E-state index in [1.54, 1.807) is 0 Å². The van der Waals surface area contributed by atoms with Crippen molar-refractivity contribution in [1.29, 1.82) is 0 Å². The number of carbonyl (C=O) groups excluding carboxylic acids is 2. The smallest absolute Gasteiger partial charge is 0.220 e. The van der Waals surface area contributed by atoms with Crippen molar-refractivity contribution in [3.8, 4) is 17.2 Å². The van der Waals surface area contributed by atoms with Gasteiger partial charge in [0, 0.05) is 31.4 Å². The second-order valence-electron chi connectivity index (χ2n) is 6.76. The summed E-state index contributed by atoms with van der Waals surface area (Å²) in [5.74, 6) is -0.680. The molecular weight excluding hydrogens is 334 g/mol. The molecule has 2 rings (SSSR count). The van der Waals surface area contributed by atoms with Crippen LogP contribution in [0, 0.1) is 11.8 Å². The molecule has 1 saturated carbocycles. The molecule has 1 fully saturated rings. The molecule has 0 heterocycles. The number of phenols is 3. The number of ketones is 1. The Hall–Kier alpha value is -2.50. The molecule has 0 aromatic heterocycles. The maximum absolute atomic E-state index is 12.2. The number of benzene rings is 1. The van der Waals surface area contributed by atoms with E-state index in [0.29, 0.717) is 37.8 Å². The number of nitrogens with one attached hydrogen (secondary N) is 1. The fourth-order valence-corrected chi connectivity index (χ4v) is 3.41. The van der Waals surface area contributed by atoms with Gasteiger partial charge in [0.1, 0.15) is 11.5 Å². The molecule has 1 aromatic rings. The second-order valence-corrected chi connectivity index (χ2v) is 6.76. The van der Waals surface area contributed by atoms with E-state index in [-0.39, 0.29) is 40.8 Å². The van der Waals surface area contributed by atoms with E-state index in [9.17, 15) is 24.9 Å². The molecule has 0 radical (unpaired) electrons. The average molecular weight is 361 g/mol. The number of allylic oxidation sites excluding steroid dienone is 2. The third kappa shape index (κ3) is 5.25. The fraction of sp³-hybridized carbons (Fsp3) is 0.500. The van der Waals surface area contributed by atoms with Crippen LogP contribution in [0.2, 0.25) is 0 Å². The third-order valence-electron chi connectivity index (χ3n) is 4.88. The van der Waals surface area contributed by atoms with Crippen LogP contribution in [0.4, 0.5) is 0 Å². The molecule has 6 nitrogen and oxygen atoms in total. The summed E-state index contributed by atoms with van der Waals surface area (Å²) in [6.45, 7) is 2.35. The van der Waals surface area contributed by atoms with Crippen molar-refractivity contribution in [2.75, 3.05) is 6.54 Å². The lowest BCUT2D eigenvalue weighted by Gasteiger charge is -2.16. The predicted octanol–water partition coefficient (Wildman–Crippen LogP) is 2.80. The van der Waals surface area contributed by atoms with Crippen molar-refractivity contribution in [3.05, 3.63) is 29.8 Å². The highest BCUT2D eigenvalue weighted by Gasteiger charge is 2.34. The Kier molecular flexibility index (Phi) is 7.06. The van der Waals surface area contributed by atoms with Gasteiger partial charge in [0.2, 0.25) is 5.91 Å². The minimum absolute atomic E-state index is 0.0679. The van der Waals surface area contributed by atoms with Gasteiger partial charge in [-0.1, -0.05) is 19.1 Å². The summed E-state index contributed by atoms with van der Waals surface area (Å²) in [4.78, 5) is 24.2. The Balaban J connectivity index is 1.82. The number of aromatic hydroxyl groups is 3. The van der Waals surface area contributed by atoms with Gasteiger partial charge in [-0.15, -0.1) is 0 Å². The highest BCUT2D eigenvalue weighted by atomic mass is 16.3. The average Bonchev–Trinajstić information content (AvgIpc) is 2.93. The fourth-order valence-electron chi connectivity index (χ4n) is 3.41. The first-order valence-corrected chi connectivity index (χ1v) is 9.10. The van der Waals surface area contributed by atoms with Gasteiger partial charge in [-0.3, -0.25) is 9.59 Å². The van der Waals surface area contributed by atoms with Gasteiger partial charge in [0.15, 0.2) is 11.5 Å². The minimum Gasteiger partial charge on any atom is -0.508 e. The van der Waals surface area contributed by atoms with Crippen LogP contribution >= 0.6 is 0 Å². The van der Waals surface area contributed by atoms with Crippen molar-refractivity contribution >= 4 is 11.7 Å². The molecule has 1 amide bonds. The van der Waals surface area contributed by atoms with Gasteiger partial charge < -0.3 is 20.6 Å². The Morgan fingerprint density at radius 3 is 2.65 bits per heavy atom. The van der Waals surface area contributed by atoms with E-state index in [1.165, 1.54) is 6.07 Å². The molecule has 1 aliphatic rings. The predicted molar refractivity (Wildman–Crippen MR) is 98.0 cm³/mol. The monoisotopic (exact) mass is 361 g/mol. The Labute approximate surface area is 153 Å². The lowest BCUT2D eigenvalue weighted by atomic mass is 9.89. The molecule has 4 N–H and O–H groups in total. The Morgan fingerprint density at radius 2 is 1.92 bits per heavy atom. The minimum atomic E-state index is -0.385. The van der Waals surface area contributed by atoms with Gasteiger partial charge in [-0.05, 0) is 43.2 Å². The van der Waals surface area contributed by atoms with Crippen LogP contribution in [0.15, 0.2) is 24.3 Å². The summed E-state index contributed by atoms with van der Waals surface area (Å²) in [7, 11) is 0. The molecular formula is C20H27NO5. The number of hydrogen-bond donors (Lipinski definition) is 4. The summed E-state index contributed by atoms with van der Waals surface area (Å²) >= 11 is 0. The second kappa shape index (κ2) is 9.27. The third-order valence-corrected chi connectivity index (χ3v) is 4.88. The molecule has 0 unspecified atom stereocenters. The highest BCUT2D eigenvalue weighted by molar-refractivity contribution is 5.85. The zero-order valence-electron chi connectivity index (χ0n) is 15.1. The number of amides is 1. The van der Waals surface area contributed by atoms with Gasteiger partial charge in [0.25, 0.3) is 0 Å². The van der Waals surface area contributed by atoms with Gasteiger partial charge in [-0.2, -0.15) is 0 Å². The zero-order valence-corrected chi connectivity index (χ0v) is 15.1. The van der Waals surface area contributed by atoms with Crippen LogP contribution in [0.3, 0.4) is 0 Å². The maximum Gasteiger partial charge on any atom is 0.220 e. The van der Waals surface area contributed by atoms with Crippen molar-refractivity contribution in [3.63, 3.8) is 0 Å². The number of carbonyl (C=O) groups is 2. The van der Waals surface area contributed by atoms with Crippen LogP contribution in [-0.4, -0.2) is 33.6 Å². The number of hydrogen-bond acceptors (Lipinski definition) is 5. The summed E-state index contributed by atoms with van der Waals surface area (Å²) in [6, 6.07) is 2.35. The molecule has 6 heteroatoms. The quantitative estimate of drug-likeness (QED) is 0.324. The standard InChI is InChI=1S/C20H27NO5/c1-2-3-4-5-15-13(6-7-16(15)22)11-20(26)21-9-8-14-10-18(24)19(25)12-17(14)23/h3-4,10,12-13,15,23-25H,2,5-9,11H2,1H3,(H,21,26)/b4-3-/t13-,15-/m1/s1. The topological polar surface area (TPSA) is 107 Å². The van der Waals surface area contributed by atoms with E-state index in [1.807, 2.05) is 19.1 Å². The van der Waals surface area contributed by atoms with E-state index in [0.717, 1.165) is 18.9 Å². The first-order chi connectivity index (χ1) is 12.4. The van der Waals surface area contributed by atoms with Crippen molar-refractivity contribution in [1.82, 2.24) is 5.32 Å². The lowest BCUT2D eigenvalue weighted by Crippen LogP contribution is -2.29. The van der Waals surface area contributed by atoms with Gasteiger partial charge >= 0.3 is 0 Å². The van der Waals surface area contributed by atoms with Crippen LogP contribution in [0.1, 0.15) is 44.6 Å². The Bertz CT molecular complexity index is 683. The molecule has 142 valence electrons. The van der Waals surface area contributed by atoms with Crippen LogP contribution in [0.5, 0.6) is 17.2 Å². The lowest BCUT2D eigenvalue weighted by molar-refractivity contribution is -0.123. The first kappa shape index (κ1) is 19.8. The van der Waals surface area contributed by atoms with Crippen molar-refractivity contribution in [2.45, 2.75) is 45.4 Å². The van der Waals surface area contributed by atoms with E-state index in [4.69, 9.17) is 0 Å². The van der Waals surface area contributed by atoms with E-state index in [2.05, 4.69) is 5.32 Å². The van der Waals surface area contributed by atoms with E-state index >= 15 is 0 Å². The molecule has 2 atom stereocenters. The maximum atomic E-state index is 12.2. The summed E-state index contributed by atoms with van der Waals surface area (Å²) in [5.41, 5.74) is 0.444. The van der Waals surface area contributed by atoms with Crippen LogP contribution < -0.4 is 5.32 Å². The summed E-state index contributed by atoms with van der Waals surface area (Å²) in [5, 5.41) is 31.3. The highest BCUT2D eigenvalue weighted by Crippen LogP contribution is 2.34. The van der Waals surface area contributed by atoms with Crippen LogP contribution in [0.25, 0.3) is 0 Å². The first-order valence-electron chi connectivity index (χ1n) is 9.10. The van der Waals surface area contributed by atoms with Gasteiger partial charge in [-0.25, -0.2) is 0 Å². The molecule has 1 aliphatic carbocycles. The number of Topliss-reactive ketones (excluding diaryl/α,β-unsaturated/α-hetero) is 1. The normalized spacial score (nSPS) is 20.0. The van der Waals surface area contributed by atoms with Gasteiger partial charge in [0.05, 0.1) is 0 Å². The SMILES string of the molecule is CC/C=C\C[C@H]1C(=O)CC[C@@H]1CC(=O)NCCc1cc(O)c(O)cc1O. The molecule has 0 bridgehead atoms.